The summed E-state index contributed by atoms with van der Waals surface area (Å²) in [7, 11) is -10.7. The number of esters is 2. The van der Waals surface area contributed by atoms with Crippen molar-refractivity contribution in [2.75, 3.05) is 13.2 Å². The molecule has 9 atom stereocenters. The van der Waals surface area contributed by atoms with Crippen molar-refractivity contribution in [1.29, 1.82) is 0 Å². The molecule has 0 aliphatic heterocycles. The van der Waals surface area contributed by atoms with E-state index >= 15 is 0 Å². The Balaban J connectivity index is 2.65. The van der Waals surface area contributed by atoms with E-state index in [4.69, 9.17) is 28.3 Å². The standard InChI is InChI=1S/C45H78O17P2/c1-3-5-7-8-9-10-11-12-13-14-15-18-21-24-28-32-38(47)58-34-37(60-39(48)33-29-25-22-19-16-17-20-23-27-31-36(46)30-26-6-4-2)35-59-64(56,57)62-45-42(51)40(49)41(50)44(43(45)52)61-63(53,54)55/h6,9-10,12-13,20,23,26-27,31,36-37,40-46,49-52H,3-5,7-8,11,14-19,21-22,24-25,28-30,32-35H2,1-2H3,(H,56,57)(H2,53,54,55)/b10-9-,13-12-,23-20+,26-6+,31-27+/t36?,37-,40?,41?,42?,43?,44-,45+/m1/s1. The number of hydrogen-bond acceptors (Lipinski definition) is 14. The Morgan fingerprint density at radius 2 is 1.14 bits per heavy atom. The fourth-order valence-electron chi connectivity index (χ4n) is 6.56. The number of allylic oxidation sites excluding steroid dienone is 8. The van der Waals surface area contributed by atoms with Crippen LogP contribution >= 0.6 is 15.6 Å². The SMILES string of the molecule is CC/C=C/CC(O)/C=C/C=C/CCCCCCCC(=O)O[C@H](COC(=O)CCCCCCC/C=C\C/C=C\CCCCC)COP(=O)(O)O[C@H]1C(O)C(O)C(O)[C@@H](OP(=O)(O)O)C1O. The number of aliphatic hydroxyl groups is 5. The molecule has 1 saturated carbocycles. The van der Waals surface area contributed by atoms with E-state index in [1.165, 1.54) is 19.3 Å². The molecule has 0 radical (unpaired) electrons. The smallest absolute Gasteiger partial charge is 0.462 e. The molecule has 0 saturated heterocycles. The van der Waals surface area contributed by atoms with Crippen LogP contribution in [0, 0.1) is 0 Å². The first-order valence-corrected chi connectivity index (χ1v) is 26.0. The fraction of sp³-hybridized carbons (Fsp3) is 0.733. The number of rotatable bonds is 37. The molecule has 0 heterocycles. The fourth-order valence-corrected chi connectivity index (χ4v) is 8.10. The lowest BCUT2D eigenvalue weighted by Crippen LogP contribution is -2.64. The second-order valence-corrected chi connectivity index (χ2v) is 18.5. The van der Waals surface area contributed by atoms with Gasteiger partial charge in [-0.2, -0.15) is 0 Å². The van der Waals surface area contributed by atoms with Crippen molar-refractivity contribution in [1.82, 2.24) is 0 Å². The summed E-state index contributed by atoms with van der Waals surface area (Å²) in [5.74, 6) is -1.28. The Kier molecular flexibility index (Phi) is 33.4. The average Bonchev–Trinajstić information content (AvgIpc) is 3.24. The molecule has 19 heteroatoms. The lowest BCUT2D eigenvalue weighted by molar-refractivity contribution is -0.216. The number of phosphoric acid groups is 2. The highest BCUT2D eigenvalue weighted by Gasteiger charge is 2.54. The van der Waals surface area contributed by atoms with Crippen LogP contribution in [0.1, 0.15) is 149 Å². The number of carbonyl (C=O) groups excluding carboxylic acids is 2. The van der Waals surface area contributed by atoms with Crippen LogP contribution in [-0.4, -0.2) is 114 Å². The molecule has 1 rings (SSSR count). The van der Waals surface area contributed by atoms with Gasteiger partial charge in [-0.25, -0.2) is 9.13 Å². The van der Waals surface area contributed by atoms with Crippen molar-refractivity contribution >= 4 is 27.6 Å². The van der Waals surface area contributed by atoms with E-state index in [1.54, 1.807) is 6.08 Å². The minimum atomic E-state index is -5.38. The van der Waals surface area contributed by atoms with Crippen molar-refractivity contribution < 1.29 is 82.0 Å². The second kappa shape index (κ2) is 35.8. The number of carbonyl (C=O) groups is 2. The molecule has 0 amide bonds. The quantitative estimate of drug-likeness (QED) is 0.0100. The van der Waals surface area contributed by atoms with Crippen LogP contribution in [0.25, 0.3) is 0 Å². The van der Waals surface area contributed by atoms with Crippen molar-refractivity contribution in [3.8, 4) is 0 Å². The Morgan fingerprint density at radius 1 is 0.594 bits per heavy atom. The van der Waals surface area contributed by atoms with Gasteiger partial charge in [0.05, 0.1) is 12.7 Å². The lowest BCUT2D eigenvalue weighted by atomic mass is 9.85. The Morgan fingerprint density at radius 3 is 1.73 bits per heavy atom. The van der Waals surface area contributed by atoms with E-state index in [2.05, 4.69) is 35.8 Å². The number of unbranched alkanes of at least 4 members (excludes halogenated alkanes) is 13. The third kappa shape index (κ3) is 30.0. The maximum Gasteiger partial charge on any atom is 0.472 e. The number of phosphoric ester groups is 2. The molecule has 1 aliphatic carbocycles. The topological polar surface area (TPSA) is 276 Å². The summed E-state index contributed by atoms with van der Waals surface area (Å²) in [6.45, 7) is 2.82. The van der Waals surface area contributed by atoms with Gasteiger partial charge in [0, 0.05) is 12.8 Å². The van der Waals surface area contributed by atoms with Crippen molar-refractivity contribution in [3.63, 3.8) is 0 Å². The summed E-state index contributed by atoms with van der Waals surface area (Å²) in [5.41, 5.74) is 0. The van der Waals surface area contributed by atoms with E-state index in [0.717, 1.165) is 83.5 Å². The normalized spacial score (nSPS) is 22.8. The molecular formula is C45H78O17P2. The summed E-state index contributed by atoms with van der Waals surface area (Å²) in [5, 5.41) is 51.1. The zero-order valence-corrected chi connectivity index (χ0v) is 39.6. The third-order valence-corrected chi connectivity index (χ3v) is 11.7. The van der Waals surface area contributed by atoms with Crippen LogP contribution in [0.15, 0.2) is 60.8 Å². The Labute approximate surface area is 380 Å². The minimum Gasteiger partial charge on any atom is -0.462 e. The van der Waals surface area contributed by atoms with Crippen molar-refractivity contribution in [2.24, 2.45) is 0 Å². The van der Waals surface area contributed by atoms with Crippen LogP contribution in [-0.2, 0) is 41.8 Å². The highest BCUT2D eigenvalue weighted by molar-refractivity contribution is 7.47. The summed E-state index contributed by atoms with van der Waals surface area (Å²) in [6.07, 6.45) is 22.2. The molecule has 6 unspecified atom stereocenters. The highest BCUT2D eigenvalue weighted by Crippen LogP contribution is 2.49. The Hall–Kier alpha value is -2.34. The summed E-state index contributed by atoms with van der Waals surface area (Å²) in [4.78, 5) is 54.2. The van der Waals surface area contributed by atoms with Gasteiger partial charge in [0.2, 0.25) is 0 Å². The molecule has 370 valence electrons. The lowest BCUT2D eigenvalue weighted by Gasteiger charge is -2.43. The van der Waals surface area contributed by atoms with E-state index in [1.807, 2.05) is 37.3 Å². The minimum absolute atomic E-state index is 0.00814. The van der Waals surface area contributed by atoms with Gasteiger partial charge in [-0.1, -0.05) is 126 Å². The van der Waals surface area contributed by atoms with Gasteiger partial charge >= 0.3 is 27.6 Å². The van der Waals surface area contributed by atoms with E-state index in [9.17, 15) is 49.1 Å². The average molecular weight is 953 g/mol. The molecule has 0 aromatic heterocycles. The van der Waals surface area contributed by atoms with Crippen LogP contribution in [0.3, 0.4) is 0 Å². The molecular weight excluding hydrogens is 874 g/mol. The van der Waals surface area contributed by atoms with Crippen molar-refractivity contribution in [2.45, 2.75) is 198 Å². The van der Waals surface area contributed by atoms with E-state index < -0.39 is 89.6 Å². The van der Waals surface area contributed by atoms with Crippen LogP contribution in [0.5, 0.6) is 0 Å². The van der Waals surface area contributed by atoms with Crippen molar-refractivity contribution in [3.05, 3.63) is 60.8 Å². The van der Waals surface area contributed by atoms with Gasteiger partial charge in [-0.15, -0.1) is 0 Å². The monoisotopic (exact) mass is 952 g/mol. The summed E-state index contributed by atoms with van der Waals surface area (Å²) >= 11 is 0. The van der Waals surface area contributed by atoms with Gasteiger partial charge in [-0.05, 0) is 70.6 Å². The molecule has 17 nitrogen and oxygen atoms in total. The number of aliphatic hydroxyl groups excluding tert-OH is 5. The summed E-state index contributed by atoms with van der Waals surface area (Å²) < 4.78 is 49.3. The molecule has 0 aromatic carbocycles. The zero-order chi connectivity index (χ0) is 47.6. The van der Waals surface area contributed by atoms with Gasteiger partial charge < -0.3 is 49.7 Å². The summed E-state index contributed by atoms with van der Waals surface area (Å²) in [6, 6.07) is 0. The van der Waals surface area contributed by atoms with E-state index in [0.29, 0.717) is 19.3 Å². The molecule has 64 heavy (non-hydrogen) atoms. The molecule has 0 spiro atoms. The predicted octanol–water partition coefficient (Wildman–Crippen LogP) is 7.25. The van der Waals surface area contributed by atoms with Gasteiger partial charge in [-0.3, -0.25) is 23.2 Å². The number of hydrogen-bond donors (Lipinski definition) is 8. The van der Waals surface area contributed by atoms with Gasteiger partial charge in [0.15, 0.2) is 6.10 Å². The largest absolute Gasteiger partial charge is 0.472 e. The highest BCUT2D eigenvalue weighted by atomic mass is 31.2. The zero-order valence-electron chi connectivity index (χ0n) is 37.8. The first-order chi connectivity index (χ1) is 30.5. The maximum absolute atomic E-state index is 13.0. The third-order valence-electron chi connectivity index (χ3n) is 10.2. The van der Waals surface area contributed by atoms with Crippen LogP contribution < -0.4 is 0 Å². The van der Waals surface area contributed by atoms with Crippen LogP contribution in [0.4, 0.5) is 0 Å². The number of ether oxygens (including phenoxy) is 2. The molecule has 0 bridgehead atoms. The second-order valence-electron chi connectivity index (χ2n) is 15.9. The maximum atomic E-state index is 13.0. The molecule has 8 N–H and O–H groups in total. The van der Waals surface area contributed by atoms with Gasteiger partial charge in [0.1, 0.15) is 43.2 Å². The van der Waals surface area contributed by atoms with E-state index in [-0.39, 0.29) is 12.8 Å². The molecule has 1 aliphatic rings. The van der Waals surface area contributed by atoms with Gasteiger partial charge in [0.25, 0.3) is 0 Å². The Bertz CT molecular complexity index is 1490. The predicted molar refractivity (Wildman–Crippen MR) is 242 cm³/mol. The van der Waals surface area contributed by atoms with Crippen LogP contribution in [0.2, 0.25) is 0 Å². The first kappa shape index (κ1) is 59.7. The molecule has 0 aromatic rings. The first-order valence-electron chi connectivity index (χ1n) is 22.9. The molecule has 1 fully saturated rings.